The molecule has 0 amide bonds. The molecule has 9 atom stereocenters. The maximum Gasteiger partial charge on any atom is 0.00190 e. The van der Waals surface area contributed by atoms with E-state index in [-0.39, 0.29) is 0 Å². The minimum atomic E-state index is 0.489. The molecule has 212 valence electrons. The highest BCUT2D eigenvalue weighted by Crippen LogP contribution is 2.66. The zero-order valence-electron chi connectivity index (χ0n) is 26.5. The molecule has 0 heteroatoms. The van der Waals surface area contributed by atoms with Crippen LogP contribution in [-0.4, -0.2) is 0 Å². The van der Waals surface area contributed by atoms with E-state index in [1.165, 1.54) is 83.5 Å². The molecule has 0 aromatic carbocycles. The van der Waals surface area contributed by atoms with Gasteiger partial charge in [0.2, 0.25) is 0 Å². The lowest BCUT2D eigenvalue weighted by atomic mass is 9.46. The van der Waals surface area contributed by atoms with Gasteiger partial charge in [-0.05, 0) is 122 Å². The van der Waals surface area contributed by atoms with Crippen LogP contribution in [0.5, 0.6) is 0 Å². The predicted octanol–water partition coefficient (Wildman–Crippen LogP) is 11.3. The number of hydrogen-bond donors (Lipinski definition) is 0. The van der Waals surface area contributed by atoms with Crippen LogP contribution in [-0.2, 0) is 0 Å². The molecule has 9 unspecified atom stereocenters. The average Bonchev–Trinajstić information content (AvgIpc) is 2.88. The van der Waals surface area contributed by atoms with Gasteiger partial charge in [0, 0.05) is 5.92 Å². The molecule has 0 radical (unpaired) electrons. The first kappa shape index (κ1) is 27.4. The Labute approximate surface area is 236 Å². The lowest BCUT2D eigenvalue weighted by Crippen LogP contribution is -2.49. The Morgan fingerprint density at radius 3 is 2.21 bits per heavy atom. The lowest BCUT2D eigenvalue weighted by Gasteiger charge is -2.59. The van der Waals surface area contributed by atoms with Crippen molar-refractivity contribution < 1.29 is 0 Å². The van der Waals surface area contributed by atoms with E-state index in [2.05, 4.69) is 61.5 Å². The SMILES string of the molecule is CC(C)C1=CC2=C(C3CC4C(C)CCCC4(C)C4=C3CC(C(C)C)CC4)CC3C(C)CCCC3(C)C2CC1. The Bertz CT molecular complexity index is 1020. The Hall–Kier alpha value is -0.780. The summed E-state index contributed by atoms with van der Waals surface area (Å²) in [5, 5.41) is 0. The van der Waals surface area contributed by atoms with E-state index in [9.17, 15) is 0 Å². The smallest absolute Gasteiger partial charge is 0.00190 e. The van der Waals surface area contributed by atoms with E-state index >= 15 is 0 Å². The van der Waals surface area contributed by atoms with Gasteiger partial charge in [-0.2, -0.15) is 0 Å². The van der Waals surface area contributed by atoms with Gasteiger partial charge in [0.1, 0.15) is 0 Å². The average molecular weight is 517 g/mol. The fourth-order valence-electron chi connectivity index (χ4n) is 11.7. The molecular weight excluding hydrogens is 456 g/mol. The molecule has 0 bridgehead atoms. The van der Waals surface area contributed by atoms with Gasteiger partial charge in [0.25, 0.3) is 0 Å². The van der Waals surface area contributed by atoms with Gasteiger partial charge in [-0.25, -0.2) is 0 Å². The van der Waals surface area contributed by atoms with Gasteiger partial charge >= 0.3 is 0 Å². The molecule has 0 saturated heterocycles. The molecule has 6 aliphatic rings. The van der Waals surface area contributed by atoms with E-state index in [1.807, 2.05) is 22.3 Å². The van der Waals surface area contributed by atoms with Gasteiger partial charge in [-0.15, -0.1) is 0 Å². The van der Waals surface area contributed by atoms with Crippen molar-refractivity contribution in [3.63, 3.8) is 0 Å². The van der Waals surface area contributed by atoms with Crippen LogP contribution < -0.4 is 0 Å². The summed E-state index contributed by atoms with van der Waals surface area (Å²) in [6, 6.07) is 0. The molecular formula is C38H60. The second-order valence-electron chi connectivity index (χ2n) is 16.6. The molecule has 0 aromatic rings. The first-order chi connectivity index (χ1) is 18.0. The van der Waals surface area contributed by atoms with Crippen molar-refractivity contribution in [2.45, 2.75) is 139 Å². The molecule has 38 heavy (non-hydrogen) atoms. The molecule has 6 aliphatic carbocycles. The van der Waals surface area contributed by atoms with Crippen LogP contribution in [0.4, 0.5) is 0 Å². The summed E-state index contributed by atoms with van der Waals surface area (Å²) in [5.41, 5.74) is 10.6. The first-order valence-corrected chi connectivity index (χ1v) is 17.2. The van der Waals surface area contributed by atoms with Crippen molar-refractivity contribution in [1.29, 1.82) is 0 Å². The number of allylic oxidation sites excluding steroid dienone is 6. The summed E-state index contributed by atoms with van der Waals surface area (Å²) in [4.78, 5) is 0. The summed E-state index contributed by atoms with van der Waals surface area (Å²) in [6.45, 7) is 20.6. The summed E-state index contributed by atoms with van der Waals surface area (Å²) in [5.74, 6) is 7.57. The number of rotatable bonds is 3. The molecule has 0 aromatic heterocycles. The van der Waals surface area contributed by atoms with Crippen LogP contribution in [0, 0.1) is 64.1 Å². The van der Waals surface area contributed by atoms with Crippen molar-refractivity contribution in [3.05, 3.63) is 33.9 Å². The van der Waals surface area contributed by atoms with E-state index in [0.29, 0.717) is 16.7 Å². The molecule has 2 saturated carbocycles. The van der Waals surface area contributed by atoms with Gasteiger partial charge in [-0.1, -0.05) is 109 Å². The highest BCUT2D eigenvalue weighted by Gasteiger charge is 2.55. The third-order valence-electron chi connectivity index (χ3n) is 14.2. The van der Waals surface area contributed by atoms with E-state index in [4.69, 9.17) is 0 Å². The normalized spacial score (nSPS) is 45.4. The summed E-state index contributed by atoms with van der Waals surface area (Å²) in [6.07, 6.45) is 21.5. The first-order valence-electron chi connectivity index (χ1n) is 17.2. The van der Waals surface area contributed by atoms with Crippen molar-refractivity contribution in [1.82, 2.24) is 0 Å². The van der Waals surface area contributed by atoms with Crippen molar-refractivity contribution in [2.75, 3.05) is 0 Å². The summed E-state index contributed by atoms with van der Waals surface area (Å²) in [7, 11) is 0. The maximum absolute atomic E-state index is 2.82. The molecule has 0 heterocycles. The standard InChI is InChI=1S/C38H60/c1-23(2)27-13-15-33-31(19-27)29(21-35-25(5)11-9-17-37(33,35)7)30-22-36-26(6)12-10-18-38(36,8)34-16-14-28(24(3)4)20-32(30)34/h19,23-26,28,30,33,35-36H,9-18,20-22H2,1-8H3. The Morgan fingerprint density at radius 1 is 0.789 bits per heavy atom. The zero-order chi connectivity index (χ0) is 27.0. The number of fused-ring (bicyclic) bond motifs is 5. The highest BCUT2D eigenvalue weighted by atomic mass is 14.6. The number of hydrogen-bond acceptors (Lipinski definition) is 0. The quantitative estimate of drug-likeness (QED) is 0.327. The summed E-state index contributed by atoms with van der Waals surface area (Å²) < 4.78 is 0. The second-order valence-corrected chi connectivity index (χ2v) is 16.6. The molecule has 0 nitrogen and oxygen atoms in total. The molecule has 0 aliphatic heterocycles. The van der Waals surface area contributed by atoms with Gasteiger partial charge in [0.05, 0.1) is 0 Å². The second kappa shape index (κ2) is 9.94. The molecule has 0 N–H and O–H groups in total. The van der Waals surface area contributed by atoms with Crippen LogP contribution in [0.2, 0.25) is 0 Å². The van der Waals surface area contributed by atoms with Crippen LogP contribution in [0.25, 0.3) is 0 Å². The van der Waals surface area contributed by atoms with Crippen molar-refractivity contribution in [3.8, 4) is 0 Å². The highest BCUT2D eigenvalue weighted by molar-refractivity contribution is 5.46. The minimum absolute atomic E-state index is 0.489. The maximum atomic E-state index is 2.82. The monoisotopic (exact) mass is 516 g/mol. The lowest BCUT2D eigenvalue weighted by molar-refractivity contribution is 0.00173. The van der Waals surface area contributed by atoms with Crippen LogP contribution in [0.1, 0.15) is 139 Å². The van der Waals surface area contributed by atoms with Crippen LogP contribution in [0.15, 0.2) is 33.9 Å². The Kier molecular flexibility index (Phi) is 7.17. The molecule has 2 fully saturated rings. The van der Waals surface area contributed by atoms with E-state index in [1.54, 1.807) is 5.57 Å². The third kappa shape index (κ3) is 4.19. The third-order valence-corrected chi connectivity index (χ3v) is 14.2. The molecule has 6 rings (SSSR count). The molecule has 0 spiro atoms. The largest absolute Gasteiger partial charge is 0.0674 e. The van der Waals surface area contributed by atoms with Crippen LogP contribution >= 0.6 is 0 Å². The predicted molar refractivity (Wildman–Crippen MR) is 164 cm³/mol. The van der Waals surface area contributed by atoms with E-state index < -0.39 is 0 Å². The van der Waals surface area contributed by atoms with Crippen molar-refractivity contribution in [2.24, 2.45) is 64.1 Å². The van der Waals surface area contributed by atoms with E-state index in [0.717, 1.165) is 47.3 Å². The fourth-order valence-corrected chi connectivity index (χ4v) is 11.7. The Balaban J connectivity index is 1.53. The summed E-state index contributed by atoms with van der Waals surface area (Å²) >= 11 is 0. The Morgan fingerprint density at radius 2 is 1.50 bits per heavy atom. The minimum Gasteiger partial charge on any atom is -0.0674 e. The van der Waals surface area contributed by atoms with Crippen LogP contribution in [0.3, 0.4) is 0 Å². The topological polar surface area (TPSA) is 0 Å². The van der Waals surface area contributed by atoms with Gasteiger partial charge < -0.3 is 0 Å². The van der Waals surface area contributed by atoms with Crippen molar-refractivity contribution >= 4 is 0 Å². The fraction of sp³-hybridized carbons (Fsp3) is 0.842. The van der Waals surface area contributed by atoms with Gasteiger partial charge in [0.15, 0.2) is 0 Å². The van der Waals surface area contributed by atoms with Gasteiger partial charge in [-0.3, -0.25) is 0 Å². The zero-order valence-corrected chi connectivity index (χ0v) is 26.5.